The lowest BCUT2D eigenvalue weighted by atomic mass is 10.0. The van der Waals surface area contributed by atoms with Gasteiger partial charge in [0.05, 0.1) is 21.8 Å². The van der Waals surface area contributed by atoms with Crippen LogP contribution < -0.4 is 20.9 Å². The molecule has 1 amide bonds. The molecule has 9 nitrogen and oxygen atoms in total. The largest absolute Gasteiger partial charge is 0.353 e. The minimum absolute atomic E-state index is 0.202. The van der Waals surface area contributed by atoms with Crippen molar-refractivity contribution >= 4 is 57.4 Å². The molecule has 0 bridgehead atoms. The van der Waals surface area contributed by atoms with E-state index in [4.69, 9.17) is 17.2 Å². The summed E-state index contributed by atoms with van der Waals surface area (Å²) in [5.41, 5.74) is 2.71. The lowest BCUT2D eigenvalue weighted by Gasteiger charge is -2.35. The van der Waals surface area contributed by atoms with Gasteiger partial charge in [0.15, 0.2) is 4.32 Å². The van der Waals surface area contributed by atoms with Crippen molar-refractivity contribution in [3.8, 4) is 5.69 Å². The van der Waals surface area contributed by atoms with Crippen LogP contribution in [0.4, 0.5) is 11.5 Å². The summed E-state index contributed by atoms with van der Waals surface area (Å²) in [5.74, 6) is 0.135. The molecule has 2 fully saturated rings. The van der Waals surface area contributed by atoms with Crippen LogP contribution in [0.25, 0.3) is 17.4 Å². The number of benzene rings is 1. The number of nitrogens with zero attached hydrogens (tertiary/aromatic N) is 6. The quantitative estimate of drug-likeness (QED) is 0.256. The van der Waals surface area contributed by atoms with Crippen LogP contribution in [-0.2, 0) is 11.8 Å². The zero-order valence-corrected chi connectivity index (χ0v) is 25.0. The average Bonchev–Trinajstić information content (AvgIpc) is 3.35. The summed E-state index contributed by atoms with van der Waals surface area (Å²) < 4.78 is 5.00. The number of para-hydroxylation sites is 1. The number of carbonyl (C=O) groups is 1. The van der Waals surface area contributed by atoms with Gasteiger partial charge in [0.2, 0.25) is 0 Å². The minimum Gasteiger partial charge on any atom is -0.353 e. The number of pyridine rings is 1. The second kappa shape index (κ2) is 10.5. The third-order valence-electron chi connectivity index (χ3n) is 7.88. The van der Waals surface area contributed by atoms with Gasteiger partial charge in [-0.1, -0.05) is 48.2 Å². The summed E-state index contributed by atoms with van der Waals surface area (Å²) in [4.78, 5) is 50.2. The molecule has 0 aliphatic carbocycles. The predicted molar refractivity (Wildman–Crippen MR) is 168 cm³/mol. The Kier molecular flexibility index (Phi) is 6.95. The first-order valence-corrected chi connectivity index (χ1v) is 14.8. The monoisotopic (exact) mass is 586 g/mol. The number of carbonyl (C=O) groups excluding carboxylic acids is 1. The van der Waals surface area contributed by atoms with Gasteiger partial charge in [-0.05, 0) is 69.9 Å². The van der Waals surface area contributed by atoms with E-state index in [1.165, 1.54) is 14.0 Å². The summed E-state index contributed by atoms with van der Waals surface area (Å²) in [6, 6.07) is 13.2. The molecule has 0 spiro atoms. The molecule has 210 valence electrons. The molecule has 5 heterocycles. The van der Waals surface area contributed by atoms with Gasteiger partial charge in [-0.15, -0.1) is 0 Å². The maximum Gasteiger partial charge on any atom is 0.296 e. The SMILES string of the molecule is Cc1ccc2nc(N3CCCCC3C)c(/C=C3/SC(=S)N(c4c(C)n(C)n(-c5ccccc5)c4=O)C3=O)c(=O)n2c1. The summed E-state index contributed by atoms with van der Waals surface area (Å²) in [7, 11) is 1.77. The lowest BCUT2D eigenvalue weighted by molar-refractivity contribution is -0.113. The number of hydrogen-bond donors (Lipinski definition) is 0. The van der Waals surface area contributed by atoms with E-state index in [-0.39, 0.29) is 32.1 Å². The van der Waals surface area contributed by atoms with Crippen molar-refractivity contribution in [2.75, 3.05) is 16.3 Å². The lowest BCUT2D eigenvalue weighted by Crippen LogP contribution is -2.40. The number of aryl methyl sites for hydroxylation is 1. The van der Waals surface area contributed by atoms with Crippen LogP contribution in [0.3, 0.4) is 0 Å². The third kappa shape index (κ3) is 4.53. The van der Waals surface area contributed by atoms with E-state index in [0.717, 1.165) is 43.1 Å². The van der Waals surface area contributed by atoms with E-state index >= 15 is 0 Å². The number of hydrogen-bond acceptors (Lipinski definition) is 7. The Hall–Kier alpha value is -3.96. The molecule has 4 aromatic rings. The smallest absolute Gasteiger partial charge is 0.296 e. The van der Waals surface area contributed by atoms with E-state index in [2.05, 4.69) is 11.8 Å². The van der Waals surface area contributed by atoms with Crippen molar-refractivity contribution in [1.29, 1.82) is 0 Å². The number of aromatic nitrogens is 4. The normalized spacial score (nSPS) is 18.7. The fraction of sp³-hybridized carbons (Fsp3) is 0.300. The highest BCUT2D eigenvalue weighted by Gasteiger charge is 2.38. The highest BCUT2D eigenvalue weighted by atomic mass is 32.2. The molecule has 6 rings (SSSR count). The first-order valence-electron chi connectivity index (χ1n) is 13.6. The molecule has 0 radical (unpaired) electrons. The van der Waals surface area contributed by atoms with Crippen molar-refractivity contribution < 1.29 is 4.79 Å². The van der Waals surface area contributed by atoms with Gasteiger partial charge in [0, 0.05) is 25.8 Å². The summed E-state index contributed by atoms with van der Waals surface area (Å²) in [6.07, 6.45) is 6.48. The molecule has 0 N–H and O–H groups in total. The van der Waals surface area contributed by atoms with Crippen LogP contribution in [0.15, 0.2) is 63.2 Å². The standard InChI is InChI=1S/C30H30N6O3S2/c1-18-13-14-24-31-26(33-15-9-8-10-19(33)2)22(27(37)34(24)17-18)16-23-28(38)35(30(40)41-23)25-20(3)32(4)36(29(25)39)21-11-6-5-7-12-21/h5-7,11-14,16-17,19H,8-10,15H2,1-4H3/b23-16+. The number of anilines is 2. The van der Waals surface area contributed by atoms with Crippen molar-refractivity contribution in [3.63, 3.8) is 0 Å². The van der Waals surface area contributed by atoms with Crippen LogP contribution in [0.1, 0.15) is 43.0 Å². The first kappa shape index (κ1) is 27.2. The second-order valence-corrected chi connectivity index (χ2v) is 12.2. The Bertz CT molecular complexity index is 1870. The van der Waals surface area contributed by atoms with Crippen LogP contribution in [0, 0.1) is 13.8 Å². The number of rotatable bonds is 4. The first-order chi connectivity index (χ1) is 19.7. The van der Waals surface area contributed by atoms with Gasteiger partial charge >= 0.3 is 0 Å². The topological polar surface area (TPSA) is 84.8 Å². The molecule has 0 saturated carbocycles. The van der Waals surface area contributed by atoms with Crippen LogP contribution in [0.2, 0.25) is 0 Å². The zero-order valence-electron chi connectivity index (χ0n) is 23.3. The van der Waals surface area contributed by atoms with E-state index in [1.807, 2.05) is 49.4 Å². The minimum atomic E-state index is -0.433. The average molecular weight is 587 g/mol. The Morgan fingerprint density at radius 3 is 2.51 bits per heavy atom. The van der Waals surface area contributed by atoms with Crippen LogP contribution >= 0.6 is 24.0 Å². The van der Waals surface area contributed by atoms with Gasteiger partial charge in [-0.25, -0.2) is 9.67 Å². The maximum atomic E-state index is 13.9. The van der Waals surface area contributed by atoms with Gasteiger partial charge in [0.1, 0.15) is 17.2 Å². The Balaban J connectivity index is 1.49. The number of fused-ring (bicyclic) bond motifs is 1. The molecule has 2 aliphatic heterocycles. The van der Waals surface area contributed by atoms with Gasteiger partial charge < -0.3 is 4.90 Å². The highest BCUT2D eigenvalue weighted by Crippen LogP contribution is 2.37. The number of thioether (sulfide) groups is 1. The zero-order chi connectivity index (χ0) is 29.0. The summed E-state index contributed by atoms with van der Waals surface area (Å²) in [6.45, 7) is 6.62. The number of thiocarbonyl (C=S) groups is 1. The summed E-state index contributed by atoms with van der Waals surface area (Å²) >= 11 is 6.74. The maximum absolute atomic E-state index is 13.9. The van der Waals surface area contributed by atoms with E-state index in [0.29, 0.717) is 28.4 Å². The Labute approximate surface area is 246 Å². The van der Waals surface area contributed by atoms with Gasteiger partial charge in [-0.2, -0.15) is 0 Å². The van der Waals surface area contributed by atoms with Crippen molar-refractivity contribution in [2.24, 2.45) is 7.05 Å². The van der Waals surface area contributed by atoms with E-state index < -0.39 is 5.91 Å². The summed E-state index contributed by atoms with van der Waals surface area (Å²) in [5, 5.41) is 0. The van der Waals surface area contributed by atoms with Crippen LogP contribution in [-0.4, -0.2) is 41.6 Å². The van der Waals surface area contributed by atoms with E-state index in [9.17, 15) is 14.4 Å². The molecule has 11 heteroatoms. The molecular weight excluding hydrogens is 557 g/mol. The molecule has 2 saturated heterocycles. The van der Waals surface area contributed by atoms with E-state index in [1.54, 1.807) is 30.9 Å². The van der Waals surface area contributed by atoms with Gasteiger partial charge in [-0.3, -0.25) is 28.4 Å². The molecule has 1 unspecified atom stereocenters. The van der Waals surface area contributed by atoms with Crippen LogP contribution in [0.5, 0.6) is 0 Å². The van der Waals surface area contributed by atoms with Gasteiger partial charge in [0.25, 0.3) is 17.0 Å². The fourth-order valence-corrected chi connectivity index (χ4v) is 6.86. The van der Waals surface area contributed by atoms with Crippen molar-refractivity contribution in [3.05, 3.63) is 91.1 Å². The number of amides is 1. The fourth-order valence-electron chi connectivity index (χ4n) is 5.61. The predicted octanol–water partition coefficient (Wildman–Crippen LogP) is 4.59. The molecule has 41 heavy (non-hydrogen) atoms. The Morgan fingerprint density at radius 2 is 1.78 bits per heavy atom. The van der Waals surface area contributed by atoms with Crippen molar-refractivity contribution in [2.45, 2.75) is 46.1 Å². The molecule has 2 aliphatic rings. The molecule has 1 aromatic carbocycles. The molecule has 1 atom stereocenters. The van der Waals surface area contributed by atoms with Crippen molar-refractivity contribution in [1.82, 2.24) is 18.7 Å². The Morgan fingerprint density at radius 1 is 1.02 bits per heavy atom. The number of piperidine rings is 1. The molecule has 3 aromatic heterocycles. The second-order valence-electron chi connectivity index (χ2n) is 10.6. The third-order valence-corrected chi connectivity index (χ3v) is 9.18. The highest BCUT2D eigenvalue weighted by molar-refractivity contribution is 8.27. The molecular formula is C30H30N6O3S2.